The van der Waals surface area contributed by atoms with Gasteiger partial charge in [0.1, 0.15) is 6.04 Å². The van der Waals surface area contributed by atoms with Crippen LogP contribution in [0.1, 0.15) is 56.5 Å². The van der Waals surface area contributed by atoms with Crippen molar-refractivity contribution in [2.24, 2.45) is 0 Å². The van der Waals surface area contributed by atoms with Gasteiger partial charge < -0.3 is 15.1 Å². The topological polar surface area (TPSA) is 69.7 Å². The van der Waals surface area contributed by atoms with Crippen LogP contribution in [-0.4, -0.2) is 40.7 Å². The molecule has 1 atom stereocenters. The summed E-state index contributed by atoms with van der Waals surface area (Å²) in [6, 6.07) is 16.0. The molecule has 6 nitrogen and oxygen atoms in total. The quantitative estimate of drug-likeness (QED) is 0.369. The number of nitrogens with zero attached hydrogens (tertiary/aromatic N) is 2. The van der Waals surface area contributed by atoms with Crippen molar-refractivity contribution in [1.29, 1.82) is 0 Å². The normalized spacial score (nSPS) is 13.7. The van der Waals surface area contributed by atoms with E-state index in [1.165, 1.54) is 4.90 Å². The fourth-order valence-corrected chi connectivity index (χ4v) is 5.16. The molecular weight excluding hydrogens is 509 g/mol. The molecule has 0 saturated heterocycles. The molecule has 1 aliphatic heterocycles. The van der Waals surface area contributed by atoms with E-state index in [4.69, 9.17) is 23.2 Å². The van der Waals surface area contributed by atoms with Crippen molar-refractivity contribution in [3.05, 3.63) is 75.8 Å². The van der Waals surface area contributed by atoms with Crippen molar-refractivity contribution in [2.75, 3.05) is 11.4 Å². The molecule has 3 amide bonds. The zero-order valence-corrected chi connectivity index (χ0v) is 23.0. The zero-order chi connectivity index (χ0) is 26.9. The first-order valence-corrected chi connectivity index (χ1v) is 13.1. The third kappa shape index (κ3) is 5.76. The van der Waals surface area contributed by atoms with Crippen LogP contribution in [0, 0.1) is 0 Å². The maximum atomic E-state index is 13.5. The molecule has 0 aromatic heterocycles. The van der Waals surface area contributed by atoms with Gasteiger partial charge in [-0.25, -0.2) is 0 Å². The molecule has 1 aliphatic rings. The summed E-state index contributed by atoms with van der Waals surface area (Å²) in [5, 5.41) is 5.78. The van der Waals surface area contributed by atoms with Crippen LogP contribution in [-0.2, 0) is 16.1 Å². The van der Waals surface area contributed by atoms with Crippen molar-refractivity contribution in [2.45, 2.75) is 58.7 Å². The highest BCUT2D eigenvalue weighted by molar-refractivity contribution is 6.36. The van der Waals surface area contributed by atoms with E-state index in [0.717, 1.165) is 16.5 Å². The van der Waals surface area contributed by atoms with Crippen LogP contribution in [0.2, 0.25) is 10.0 Å². The third-order valence-electron chi connectivity index (χ3n) is 6.48. The standard InChI is InChI=1S/C29H31Cl2N3O3/c1-18(27(36)32-29(2,3)4)34(17-21-22(30)12-7-13-23(21)31)25(35)15-8-16-33-24-14-6-10-19-9-5-11-20(26(19)24)28(33)37/h5-7,9-14,18H,8,15-17H2,1-4H3,(H,32,36). The minimum absolute atomic E-state index is 0.0584. The van der Waals surface area contributed by atoms with Gasteiger partial charge in [-0.15, -0.1) is 0 Å². The van der Waals surface area contributed by atoms with Gasteiger partial charge in [0, 0.05) is 51.6 Å². The van der Waals surface area contributed by atoms with E-state index in [1.54, 1.807) is 30.0 Å². The van der Waals surface area contributed by atoms with Crippen molar-refractivity contribution < 1.29 is 14.4 Å². The number of rotatable bonds is 8. The average molecular weight is 540 g/mol. The van der Waals surface area contributed by atoms with Crippen LogP contribution in [0.25, 0.3) is 10.8 Å². The number of benzene rings is 3. The van der Waals surface area contributed by atoms with Gasteiger partial charge in [-0.2, -0.15) is 0 Å². The van der Waals surface area contributed by atoms with E-state index in [-0.39, 0.29) is 30.7 Å². The minimum Gasteiger partial charge on any atom is -0.350 e. The lowest BCUT2D eigenvalue weighted by atomic mass is 10.1. The molecule has 0 radical (unpaired) electrons. The van der Waals surface area contributed by atoms with Gasteiger partial charge >= 0.3 is 0 Å². The van der Waals surface area contributed by atoms with Crippen molar-refractivity contribution in [1.82, 2.24) is 10.2 Å². The molecule has 0 bridgehead atoms. The molecule has 4 rings (SSSR count). The maximum Gasteiger partial charge on any atom is 0.258 e. The van der Waals surface area contributed by atoms with Crippen LogP contribution < -0.4 is 10.2 Å². The largest absolute Gasteiger partial charge is 0.350 e. The van der Waals surface area contributed by atoms with Gasteiger partial charge in [0.15, 0.2) is 0 Å². The van der Waals surface area contributed by atoms with Crippen molar-refractivity contribution in [3.63, 3.8) is 0 Å². The van der Waals surface area contributed by atoms with Gasteiger partial charge in [-0.05, 0) is 63.8 Å². The molecule has 0 aliphatic carbocycles. The Morgan fingerprint density at radius 1 is 1.00 bits per heavy atom. The monoisotopic (exact) mass is 539 g/mol. The Bertz CT molecular complexity index is 1340. The summed E-state index contributed by atoms with van der Waals surface area (Å²) in [5.41, 5.74) is 1.69. The van der Waals surface area contributed by atoms with Crippen molar-refractivity contribution >= 4 is 57.4 Å². The van der Waals surface area contributed by atoms with Gasteiger partial charge in [0.2, 0.25) is 11.8 Å². The van der Waals surface area contributed by atoms with E-state index < -0.39 is 11.6 Å². The Morgan fingerprint density at radius 2 is 1.62 bits per heavy atom. The second-order valence-electron chi connectivity index (χ2n) is 10.4. The van der Waals surface area contributed by atoms with Crippen LogP contribution >= 0.6 is 23.2 Å². The van der Waals surface area contributed by atoms with Crippen LogP contribution in [0.3, 0.4) is 0 Å². The lowest BCUT2D eigenvalue weighted by molar-refractivity contribution is -0.141. The number of hydrogen-bond acceptors (Lipinski definition) is 3. The van der Waals surface area contributed by atoms with Crippen molar-refractivity contribution in [3.8, 4) is 0 Å². The Morgan fingerprint density at radius 3 is 2.27 bits per heavy atom. The summed E-state index contributed by atoms with van der Waals surface area (Å²) in [4.78, 5) is 42.8. The van der Waals surface area contributed by atoms with E-state index >= 15 is 0 Å². The first kappa shape index (κ1) is 27.0. The van der Waals surface area contributed by atoms with Crippen LogP contribution in [0.5, 0.6) is 0 Å². The summed E-state index contributed by atoms with van der Waals surface area (Å²) in [7, 11) is 0. The first-order chi connectivity index (χ1) is 17.5. The molecule has 194 valence electrons. The fourth-order valence-electron chi connectivity index (χ4n) is 4.64. The molecular formula is C29H31Cl2N3O3. The molecule has 37 heavy (non-hydrogen) atoms. The highest BCUT2D eigenvalue weighted by Crippen LogP contribution is 2.37. The number of hydrogen-bond donors (Lipinski definition) is 1. The lowest BCUT2D eigenvalue weighted by Gasteiger charge is -2.32. The minimum atomic E-state index is -0.745. The number of halogens is 2. The highest BCUT2D eigenvalue weighted by Gasteiger charge is 2.31. The van der Waals surface area contributed by atoms with E-state index in [9.17, 15) is 14.4 Å². The lowest BCUT2D eigenvalue weighted by Crippen LogP contribution is -2.52. The molecule has 3 aromatic carbocycles. The Kier molecular flexibility index (Phi) is 7.81. The second kappa shape index (κ2) is 10.7. The Hall–Kier alpha value is -3.09. The van der Waals surface area contributed by atoms with Gasteiger partial charge in [0.05, 0.1) is 5.69 Å². The molecule has 1 heterocycles. The number of nitrogens with one attached hydrogen (secondary N) is 1. The predicted octanol–water partition coefficient (Wildman–Crippen LogP) is 6.22. The number of carbonyl (C=O) groups is 3. The summed E-state index contributed by atoms with van der Waals surface area (Å²) in [6.45, 7) is 7.86. The molecule has 0 saturated carbocycles. The van der Waals surface area contributed by atoms with Crippen LogP contribution in [0.4, 0.5) is 5.69 Å². The maximum absolute atomic E-state index is 13.5. The highest BCUT2D eigenvalue weighted by atomic mass is 35.5. The average Bonchev–Trinajstić information content (AvgIpc) is 3.10. The smallest absolute Gasteiger partial charge is 0.258 e. The number of carbonyl (C=O) groups excluding carboxylic acids is 3. The van der Waals surface area contributed by atoms with Gasteiger partial charge in [0.25, 0.3) is 5.91 Å². The molecule has 1 N–H and O–H groups in total. The number of anilines is 1. The third-order valence-corrected chi connectivity index (χ3v) is 7.19. The van der Waals surface area contributed by atoms with Gasteiger partial charge in [-0.1, -0.05) is 53.5 Å². The van der Waals surface area contributed by atoms with Gasteiger partial charge in [-0.3, -0.25) is 14.4 Å². The number of amides is 3. The molecule has 3 aromatic rings. The summed E-state index contributed by atoms with van der Waals surface area (Å²) >= 11 is 12.8. The van der Waals surface area contributed by atoms with E-state index in [0.29, 0.717) is 34.1 Å². The summed E-state index contributed by atoms with van der Waals surface area (Å²) in [6.07, 6.45) is 0.598. The molecule has 1 unspecified atom stereocenters. The summed E-state index contributed by atoms with van der Waals surface area (Å²) in [5.74, 6) is -0.535. The first-order valence-electron chi connectivity index (χ1n) is 12.4. The molecule has 0 fully saturated rings. The SMILES string of the molecule is CC(C(=O)NC(C)(C)C)N(Cc1c(Cl)cccc1Cl)C(=O)CCCN1C(=O)c2cccc3cccc1c23. The Labute approximate surface area is 227 Å². The second-order valence-corrected chi connectivity index (χ2v) is 11.2. The van der Waals surface area contributed by atoms with Crippen LogP contribution in [0.15, 0.2) is 54.6 Å². The zero-order valence-electron chi connectivity index (χ0n) is 21.5. The Balaban J connectivity index is 1.50. The van der Waals surface area contributed by atoms with E-state index in [1.807, 2.05) is 57.2 Å². The van der Waals surface area contributed by atoms with E-state index in [2.05, 4.69) is 5.32 Å². The molecule has 8 heteroatoms. The molecule has 0 spiro atoms. The summed E-state index contributed by atoms with van der Waals surface area (Å²) < 4.78 is 0. The predicted molar refractivity (Wildman–Crippen MR) is 149 cm³/mol. The fraction of sp³-hybridized carbons (Fsp3) is 0.345.